The van der Waals surface area contributed by atoms with E-state index in [4.69, 9.17) is 9.44 Å². The van der Waals surface area contributed by atoms with Crippen LogP contribution < -0.4 is 0 Å². The molecule has 1 aliphatic heterocycles. The van der Waals surface area contributed by atoms with Crippen LogP contribution in [0.4, 0.5) is 0 Å². The molecule has 0 aliphatic carbocycles. The minimum atomic E-state index is -3.94. The summed E-state index contributed by atoms with van der Waals surface area (Å²) in [6.45, 7) is -0.110. The van der Waals surface area contributed by atoms with E-state index in [0.29, 0.717) is 13.0 Å². The molecule has 0 aromatic heterocycles. The van der Waals surface area contributed by atoms with E-state index in [9.17, 15) is 13.2 Å². The summed E-state index contributed by atoms with van der Waals surface area (Å²) in [5.41, 5.74) is 0. The number of likely N-dealkylation sites (tertiary alicyclic amines) is 1. The zero-order chi connectivity index (χ0) is 14.6. The number of benzene rings is 1. The Labute approximate surface area is 117 Å². The Kier molecular flexibility index (Phi) is 4.37. The second-order valence-electron chi connectivity index (χ2n) is 4.40. The van der Waals surface area contributed by atoms with Crippen LogP contribution >= 0.6 is 0 Å². The molecule has 1 unspecified atom stereocenters. The van der Waals surface area contributed by atoms with Crippen molar-refractivity contribution in [1.29, 1.82) is 5.26 Å². The van der Waals surface area contributed by atoms with Crippen molar-refractivity contribution in [3.05, 3.63) is 30.3 Å². The monoisotopic (exact) mass is 294 g/mol. The summed E-state index contributed by atoms with van der Waals surface area (Å²) in [6.07, 6.45) is 1.36. The average molecular weight is 294 g/mol. The molecule has 2 rings (SSSR count). The van der Waals surface area contributed by atoms with Gasteiger partial charge in [0.1, 0.15) is 12.6 Å². The lowest BCUT2D eigenvalue weighted by Crippen LogP contribution is -2.37. The number of rotatable bonds is 4. The van der Waals surface area contributed by atoms with Gasteiger partial charge in [0.15, 0.2) is 0 Å². The minimum absolute atomic E-state index is 0.00561. The molecule has 0 spiro atoms. The van der Waals surface area contributed by atoms with E-state index in [-0.39, 0.29) is 4.90 Å². The summed E-state index contributed by atoms with van der Waals surface area (Å²) >= 11 is 0. The summed E-state index contributed by atoms with van der Waals surface area (Å²) in [4.78, 5) is 13.2. The molecule has 1 atom stereocenters. The Bertz CT molecular complexity index is 622. The van der Waals surface area contributed by atoms with Gasteiger partial charge in [-0.25, -0.2) is 0 Å². The van der Waals surface area contributed by atoms with Crippen LogP contribution in [0.2, 0.25) is 0 Å². The van der Waals surface area contributed by atoms with Crippen LogP contribution in [-0.2, 0) is 19.1 Å². The minimum Gasteiger partial charge on any atom is -0.325 e. The Morgan fingerprint density at radius 3 is 2.75 bits per heavy atom. The normalized spacial score (nSPS) is 18.8. The van der Waals surface area contributed by atoms with E-state index in [2.05, 4.69) is 0 Å². The Morgan fingerprint density at radius 1 is 1.40 bits per heavy atom. The number of hydrogen-bond donors (Lipinski definition) is 0. The van der Waals surface area contributed by atoms with Crippen LogP contribution in [0.1, 0.15) is 12.8 Å². The quantitative estimate of drug-likeness (QED) is 0.770. The topological polar surface area (TPSA) is 87.5 Å². The third-order valence-corrected chi connectivity index (χ3v) is 4.37. The molecule has 1 saturated heterocycles. The number of hydrogen-bond acceptors (Lipinski definition) is 5. The molecule has 6 nitrogen and oxygen atoms in total. The van der Waals surface area contributed by atoms with Crippen LogP contribution in [0, 0.1) is 11.3 Å². The molecule has 1 aromatic rings. The third kappa shape index (κ3) is 3.15. The summed E-state index contributed by atoms with van der Waals surface area (Å²) < 4.78 is 28.4. The highest BCUT2D eigenvalue weighted by Crippen LogP contribution is 2.17. The largest absolute Gasteiger partial charge is 0.325 e. The molecule has 1 fully saturated rings. The fourth-order valence-corrected chi connectivity index (χ4v) is 2.95. The zero-order valence-corrected chi connectivity index (χ0v) is 11.5. The lowest BCUT2D eigenvalue weighted by Gasteiger charge is -2.19. The van der Waals surface area contributed by atoms with E-state index >= 15 is 0 Å². The highest BCUT2D eigenvalue weighted by Gasteiger charge is 2.29. The van der Waals surface area contributed by atoms with Gasteiger partial charge in [-0.1, -0.05) is 18.2 Å². The molecule has 1 heterocycles. The smallest absolute Gasteiger partial charge is 0.297 e. The first-order valence-corrected chi connectivity index (χ1v) is 7.59. The van der Waals surface area contributed by atoms with E-state index in [0.717, 1.165) is 6.42 Å². The van der Waals surface area contributed by atoms with Crippen LogP contribution in [0.25, 0.3) is 0 Å². The van der Waals surface area contributed by atoms with Crippen molar-refractivity contribution < 1.29 is 17.4 Å². The van der Waals surface area contributed by atoms with Gasteiger partial charge in [-0.3, -0.25) is 8.98 Å². The van der Waals surface area contributed by atoms with Gasteiger partial charge < -0.3 is 4.90 Å². The van der Waals surface area contributed by atoms with Crippen molar-refractivity contribution in [2.75, 3.05) is 13.2 Å². The van der Waals surface area contributed by atoms with Gasteiger partial charge in [0.2, 0.25) is 0 Å². The van der Waals surface area contributed by atoms with Crippen molar-refractivity contribution in [3.8, 4) is 6.07 Å². The fourth-order valence-electron chi connectivity index (χ4n) is 2.07. The molecule has 106 valence electrons. The molecular formula is C13H14N2O4S. The second kappa shape index (κ2) is 6.03. The molecule has 0 bridgehead atoms. The van der Waals surface area contributed by atoms with Crippen LogP contribution in [-0.4, -0.2) is 38.4 Å². The lowest BCUT2D eigenvalue weighted by atomic mass is 10.2. The predicted molar refractivity (Wildman–Crippen MR) is 69.9 cm³/mol. The van der Waals surface area contributed by atoms with E-state index in [1.807, 2.05) is 6.07 Å². The average Bonchev–Trinajstić information content (AvgIpc) is 2.94. The first-order valence-electron chi connectivity index (χ1n) is 6.18. The van der Waals surface area contributed by atoms with Gasteiger partial charge >= 0.3 is 0 Å². The molecule has 0 radical (unpaired) electrons. The van der Waals surface area contributed by atoms with E-state index in [1.54, 1.807) is 18.2 Å². The number of amides is 1. The van der Waals surface area contributed by atoms with Gasteiger partial charge in [-0.2, -0.15) is 13.7 Å². The van der Waals surface area contributed by atoms with Crippen molar-refractivity contribution in [2.45, 2.75) is 23.8 Å². The number of nitrogens with zero attached hydrogens (tertiary/aromatic N) is 2. The Morgan fingerprint density at radius 2 is 2.10 bits per heavy atom. The van der Waals surface area contributed by atoms with E-state index in [1.165, 1.54) is 17.0 Å². The highest BCUT2D eigenvalue weighted by molar-refractivity contribution is 7.86. The molecule has 1 amide bonds. The number of carbonyl (C=O) groups is 1. The molecule has 1 aliphatic rings. The third-order valence-electron chi connectivity index (χ3n) is 3.09. The molecule has 0 N–H and O–H groups in total. The first kappa shape index (κ1) is 14.5. The maximum Gasteiger partial charge on any atom is 0.297 e. The highest BCUT2D eigenvalue weighted by atomic mass is 32.2. The molecular weight excluding hydrogens is 280 g/mol. The molecule has 7 heteroatoms. The van der Waals surface area contributed by atoms with Gasteiger partial charge in [-0.05, 0) is 25.0 Å². The van der Waals surface area contributed by atoms with Crippen molar-refractivity contribution in [3.63, 3.8) is 0 Å². The molecule has 20 heavy (non-hydrogen) atoms. The summed E-state index contributed by atoms with van der Waals surface area (Å²) in [7, 11) is -3.94. The summed E-state index contributed by atoms with van der Waals surface area (Å²) in [5.74, 6) is -0.478. The Balaban J connectivity index is 1.99. The Hall–Kier alpha value is -1.91. The summed E-state index contributed by atoms with van der Waals surface area (Å²) in [5, 5.41) is 8.89. The van der Waals surface area contributed by atoms with Crippen LogP contribution in [0.5, 0.6) is 0 Å². The number of nitriles is 1. The second-order valence-corrected chi connectivity index (χ2v) is 6.02. The van der Waals surface area contributed by atoms with Gasteiger partial charge in [0.05, 0.1) is 11.0 Å². The van der Waals surface area contributed by atoms with Gasteiger partial charge in [0, 0.05) is 6.54 Å². The van der Waals surface area contributed by atoms with Gasteiger partial charge in [0.25, 0.3) is 16.0 Å². The van der Waals surface area contributed by atoms with E-state index < -0.39 is 28.7 Å². The maximum atomic E-state index is 11.9. The zero-order valence-electron chi connectivity index (χ0n) is 10.7. The van der Waals surface area contributed by atoms with Crippen molar-refractivity contribution >= 4 is 16.0 Å². The summed E-state index contributed by atoms with van der Waals surface area (Å²) in [6, 6.07) is 9.17. The maximum absolute atomic E-state index is 11.9. The van der Waals surface area contributed by atoms with Crippen LogP contribution in [0.3, 0.4) is 0 Å². The molecule has 1 aromatic carbocycles. The van der Waals surface area contributed by atoms with Crippen LogP contribution in [0.15, 0.2) is 35.2 Å². The number of carbonyl (C=O) groups excluding carboxylic acids is 1. The predicted octanol–water partition coefficient (Wildman–Crippen LogP) is 0.906. The fraction of sp³-hybridized carbons (Fsp3) is 0.385. The van der Waals surface area contributed by atoms with Crippen molar-refractivity contribution in [2.24, 2.45) is 0 Å². The standard InChI is InChI=1S/C13H14N2O4S/c14-9-11-5-4-8-15(11)13(16)10-19-20(17,18)12-6-2-1-3-7-12/h1-3,6-7,11H,4-5,8,10H2. The first-order chi connectivity index (χ1) is 9.54. The van der Waals surface area contributed by atoms with Gasteiger partial charge in [-0.15, -0.1) is 0 Å². The lowest BCUT2D eigenvalue weighted by molar-refractivity contribution is -0.133. The van der Waals surface area contributed by atoms with Crippen molar-refractivity contribution in [1.82, 2.24) is 4.90 Å². The SMILES string of the molecule is N#CC1CCCN1C(=O)COS(=O)(=O)c1ccccc1. The molecule has 0 saturated carbocycles.